The molecule has 2 N–H and O–H groups in total. The summed E-state index contributed by atoms with van der Waals surface area (Å²) in [5.41, 5.74) is 2.70. The average Bonchev–Trinajstić information content (AvgIpc) is 2.22. The zero-order valence-electron chi connectivity index (χ0n) is 9.83. The molecule has 88 valence electrons. The Kier molecular flexibility index (Phi) is 4.31. The van der Waals surface area contributed by atoms with Gasteiger partial charge >= 0.3 is 0 Å². The fourth-order valence-electron chi connectivity index (χ4n) is 1.55. The lowest BCUT2D eigenvalue weighted by Gasteiger charge is -2.13. The third-order valence-corrected chi connectivity index (χ3v) is 2.27. The van der Waals surface area contributed by atoms with Gasteiger partial charge in [-0.1, -0.05) is 6.07 Å². The van der Waals surface area contributed by atoms with Gasteiger partial charge < -0.3 is 15.2 Å². The highest BCUT2D eigenvalue weighted by Gasteiger charge is 2.10. The predicted octanol–water partition coefficient (Wildman–Crippen LogP) is 1.63. The maximum atomic E-state index is 11.4. The number of amides is 1. The summed E-state index contributed by atoms with van der Waals surface area (Å²) in [6.07, 6.45) is 0.0937. The molecule has 4 heteroatoms. The second-order valence-electron chi connectivity index (χ2n) is 3.68. The predicted molar refractivity (Wildman–Crippen MR) is 62.8 cm³/mol. The SMILES string of the molecule is COc1cc(C)cc(C)c1NC(=O)CCO. The molecule has 4 nitrogen and oxygen atoms in total. The first-order chi connectivity index (χ1) is 7.58. The van der Waals surface area contributed by atoms with E-state index in [1.54, 1.807) is 7.11 Å². The Balaban J connectivity index is 2.98. The number of carbonyl (C=O) groups excluding carboxylic acids is 1. The Bertz CT molecular complexity index is 388. The van der Waals surface area contributed by atoms with E-state index in [0.717, 1.165) is 11.1 Å². The summed E-state index contributed by atoms with van der Waals surface area (Å²) in [6, 6.07) is 3.83. The van der Waals surface area contributed by atoms with E-state index in [2.05, 4.69) is 5.32 Å². The third-order valence-electron chi connectivity index (χ3n) is 2.27. The van der Waals surface area contributed by atoms with Crippen LogP contribution in [0.3, 0.4) is 0 Å². The highest BCUT2D eigenvalue weighted by atomic mass is 16.5. The van der Waals surface area contributed by atoms with Gasteiger partial charge in [0, 0.05) is 0 Å². The Hall–Kier alpha value is -1.55. The van der Waals surface area contributed by atoms with Gasteiger partial charge in [0.2, 0.25) is 5.91 Å². The van der Waals surface area contributed by atoms with Gasteiger partial charge in [0.1, 0.15) is 5.75 Å². The lowest BCUT2D eigenvalue weighted by Crippen LogP contribution is -2.14. The molecule has 0 aliphatic carbocycles. The van der Waals surface area contributed by atoms with Crippen LogP contribution in [-0.2, 0) is 4.79 Å². The molecule has 1 aromatic rings. The number of aliphatic hydroxyl groups excluding tert-OH is 1. The van der Waals surface area contributed by atoms with Gasteiger partial charge in [-0.3, -0.25) is 4.79 Å². The Labute approximate surface area is 95.2 Å². The van der Waals surface area contributed by atoms with Crippen LogP contribution in [0.25, 0.3) is 0 Å². The number of rotatable bonds is 4. The molecular formula is C12H17NO3. The molecule has 0 saturated carbocycles. The Morgan fingerprint density at radius 1 is 1.44 bits per heavy atom. The first-order valence-electron chi connectivity index (χ1n) is 5.14. The number of hydrogen-bond acceptors (Lipinski definition) is 3. The van der Waals surface area contributed by atoms with Crippen LogP contribution in [0.5, 0.6) is 5.75 Å². The fourth-order valence-corrected chi connectivity index (χ4v) is 1.55. The third kappa shape index (κ3) is 2.97. The molecule has 1 amide bonds. The van der Waals surface area contributed by atoms with Crippen LogP contribution >= 0.6 is 0 Å². The summed E-state index contributed by atoms with van der Waals surface area (Å²) < 4.78 is 5.21. The maximum absolute atomic E-state index is 11.4. The van der Waals surface area contributed by atoms with E-state index >= 15 is 0 Å². The largest absolute Gasteiger partial charge is 0.495 e. The maximum Gasteiger partial charge on any atom is 0.226 e. The zero-order chi connectivity index (χ0) is 12.1. The van der Waals surface area contributed by atoms with Crippen LogP contribution in [-0.4, -0.2) is 24.7 Å². The smallest absolute Gasteiger partial charge is 0.226 e. The van der Waals surface area contributed by atoms with Crippen LogP contribution in [0, 0.1) is 13.8 Å². The molecule has 0 aromatic heterocycles. The van der Waals surface area contributed by atoms with E-state index in [1.807, 2.05) is 26.0 Å². The second kappa shape index (κ2) is 5.51. The average molecular weight is 223 g/mol. The van der Waals surface area contributed by atoms with E-state index in [9.17, 15) is 4.79 Å². The lowest BCUT2D eigenvalue weighted by atomic mass is 10.1. The summed E-state index contributed by atoms with van der Waals surface area (Å²) in [5, 5.41) is 11.4. The molecule has 0 saturated heterocycles. The van der Waals surface area contributed by atoms with E-state index < -0.39 is 0 Å². The van der Waals surface area contributed by atoms with E-state index in [0.29, 0.717) is 11.4 Å². The van der Waals surface area contributed by atoms with Crippen molar-refractivity contribution in [2.75, 3.05) is 19.0 Å². The minimum atomic E-state index is -0.215. The van der Waals surface area contributed by atoms with E-state index in [4.69, 9.17) is 9.84 Å². The molecule has 0 aliphatic rings. The van der Waals surface area contributed by atoms with Crippen molar-refractivity contribution in [1.82, 2.24) is 0 Å². The second-order valence-corrected chi connectivity index (χ2v) is 3.68. The van der Waals surface area contributed by atoms with Crippen LogP contribution in [0.4, 0.5) is 5.69 Å². The molecule has 16 heavy (non-hydrogen) atoms. The summed E-state index contributed by atoms with van der Waals surface area (Å²) in [7, 11) is 1.57. The monoisotopic (exact) mass is 223 g/mol. The first kappa shape index (κ1) is 12.5. The lowest BCUT2D eigenvalue weighted by molar-refractivity contribution is -0.116. The molecule has 1 rings (SSSR count). The van der Waals surface area contributed by atoms with Crippen LogP contribution in [0.2, 0.25) is 0 Å². The summed E-state index contributed by atoms with van der Waals surface area (Å²) in [6.45, 7) is 3.72. The molecule has 0 heterocycles. The Morgan fingerprint density at radius 2 is 2.12 bits per heavy atom. The Morgan fingerprint density at radius 3 is 2.69 bits per heavy atom. The van der Waals surface area contributed by atoms with Crippen LogP contribution in [0.15, 0.2) is 12.1 Å². The van der Waals surface area contributed by atoms with E-state index in [-0.39, 0.29) is 18.9 Å². The highest BCUT2D eigenvalue weighted by Crippen LogP contribution is 2.29. The summed E-state index contributed by atoms with van der Waals surface area (Å²) in [4.78, 5) is 11.4. The van der Waals surface area contributed by atoms with Crippen molar-refractivity contribution in [3.63, 3.8) is 0 Å². The van der Waals surface area contributed by atoms with Gasteiger partial charge in [-0.25, -0.2) is 0 Å². The van der Waals surface area contributed by atoms with Crippen molar-refractivity contribution < 1.29 is 14.6 Å². The number of ether oxygens (including phenoxy) is 1. The molecular weight excluding hydrogens is 206 g/mol. The van der Waals surface area contributed by atoms with Gasteiger partial charge in [-0.15, -0.1) is 0 Å². The van der Waals surface area contributed by atoms with Crippen molar-refractivity contribution >= 4 is 11.6 Å². The fraction of sp³-hybridized carbons (Fsp3) is 0.417. The molecule has 0 bridgehead atoms. The van der Waals surface area contributed by atoms with Crippen LogP contribution < -0.4 is 10.1 Å². The molecule has 0 atom stereocenters. The first-order valence-corrected chi connectivity index (χ1v) is 5.14. The zero-order valence-corrected chi connectivity index (χ0v) is 9.83. The van der Waals surface area contributed by atoms with Gasteiger partial charge in [0.25, 0.3) is 0 Å². The molecule has 0 fully saturated rings. The summed E-state index contributed by atoms with van der Waals surface area (Å²) >= 11 is 0. The number of benzene rings is 1. The van der Waals surface area contributed by atoms with Crippen LogP contribution in [0.1, 0.15) is 17.5 Å². The number of aryl methyl sites for hydroxylation is 2. The number of nitrogens with one attached hydrogen (secondary N) is 1. The minimum absolute atomic E-state index is 0.0937. The van der Waals surface area contributed by atoms with Gasteiger partial charge in [0.15, 0.2) is 0 Å². The van der Waals surface area contributed by atoms with Crippen molar-refractivity contribution in [2.24, 2.45) is 0 Å². The number of methoxy groups -OCH3 is 1. The topological polar surface area (TPSA) is 58.6 Å². The van der Waals surface area contributed by atoms with Crippen molar-refractivity contribution in [3.05, 3.63) is 23.3 Å². The number of aliphatic hydroxyl groups is 1. The number of hydrogen-bond donors (Lipinski definition) is 2. The molecule has 0 unspecified atom stereocenters. The standard InChI is InChI=1S/C12H17NO3/c1-8-6-9(2)12(10(7-8)16-3)13-11(15)4-5-14/h6-7,14H,4-5H2,1-3H3,(H,13,15). The molecule has 0 radical (unpaired) electrons. The summed E-state index contributed by atoms with van der Waals surface area (Å²) in [5.74, 6) is 0.427. The van der Waals surface area contributed by atoms with Crippen molar-refractivity contribution in [3.8, 4) is 5.75 Å². The molecule has 0 spiro atoms. The van der Waals surface area contributed by atoms with Gasteiger partial charge in [0.05, 0.1) is 25.8 Å². The van der Waals surface area contributed by atoms with E-state index in [1.165, 1.54) is 0 Å². The van der Waals surface area contributed by atoms with Gasteiger partial charge in [-0.2, -0.15) is 0 Å². The minimum Gasteiger partial charge on any atom is -0.495 e. The highest BCUT2D eigenvalue weighted by molar-refractivity contribution is 5.93. The molecule has 0 aliphatic heterocycles. The van der Waals surface area contributed by atoms with Crippen molar-refractivity contribution in [1.29, 1.82) is 0 Å². The van der Waals surface area contributed by atoms with Crippen molar-refractivity contribution in [2.45, 2.75) is 20.3 Å². The normalized spacial score (nSPS) is 10.0. The quantitative estimate of drug-likeness (QED) is 0.815. The molecule has 1 aromatic carbocycles. The number of carbonyl (C=O) groups is 1. The van der Waals surface area contributed by atoms with Gasteiger partial charge in [-0.05, 0) is 31.0 Å². The number of anilines is 1.